The molecule has 2 aromatic rings. The quantitative estimate of drug-likeness (QED) is 0.937. The Hall–Kier alpha value is -1.52. The zero-order valence-electron chi connectivity index (χ0n) is 11.3. The van der Waals surface area contributed by atoms with Crippen LogP contribution in [0.4, 0.5) is 0 Å². The number of hydrogen-bond acceptors (Lipinski definition) is 3. The summed E-state index contributed by atoms with van der Waals surface area (Å²) in [5.41, 5.74) is 2.90. The molecule has 1 aromatic heterocycles. The molecule has 1 aromatic carbocycles. The Morgan fingerprint density at radius 2 is 1.95 bits per heavy atom. The molecule has 0 amide bonds. The van der Waals surface area contributed by atoms with Gasteiger partial charge in [-0.1, -0.05) is 23.7 Å². The van der Waals surface area contributed by atoms with Crippen LogP contribution in [0.2, 0.25) is 5.15 Å². The first kappa shape index (κ1) is 13.9. The highest BCUT2D eigenvalue weighted by Crippen LogP contribution is 2.26. The predicted molar refractivity (Wildman–Crippen MR) is 74.4 cm³/mol. The van der Waals surface area contributed by atoms with Crippen molar-refractivity contribution >= 4 is 11.6 Å². The van der Waals surface area contributed by atoms with Crippen molar-refractivity contribution in [3.05, 3.63) is 46.0 Å². The van der Waals surface area contributed by atoms with Crippen molar-refractivity contribution in [1.82, 2.24) is 9.55 Å². The van der Waals surface area contributed by atoms with Crippen molar-refractivity contribution < 1.29 is 9.84 Å². The van der Waals surface area contributed by atoms with E-state index in [0.717, 1.165) is 28.3 Å². The zero-order valence-corrected chi connectivity index (χ0v) is 12.0. The summed E-state index contributed by atoms with van der Waals surface area (Å²) in [5.74, 6) is 1.60. The number of aliphatic hydroxyl groups is 1. The molecule has 0 atom stereocenters. The first-order valence-electron chi connectivity index (χ1n) is 6.02. The molecule has 0 fully saturated rings. The summed E-state index contributed by atoms with van der Waals surface area (Å²) in [6.07, 6.45) is 1.61. The number of halogens is 1. The van der Waals surface area contributed by atoms with Crippen LogP contribution in [0.1, 0.15) is 22.5 Å². The maximum atomic E-state index is 9.16. The molecule has 19 heavy (non-hydrogen) atoms. The molecule has 0 radical (unpaired) electrons. The second-order valence-corrected chi connectivity index (χ2v) is 4.95. The van der Waals surface area contributed by atoms with E-state index in [9.17, 15) is 0 Å². The molecule has 0 saturated carbocycles. The molecule has 0 unspecified atom stereocenters. The van der Waals surface area contributed by atoms with Crippen LogP contribution < -0.4 is 4.74 Å². The van der Waals surface area contributed by atoms with Crippen LogP contribution in [0.25, 0.3) is 0 Å². The SMILES string of the molecule is Cc1cc(CO)cc(C)c1OCc1ncc(Cl)n1C. The molecule has 0 spiro atoms. The Morgan fingerprint density at radius 1 is 1.32 bits per heavy atom. The second-order valence-electron chi connectivity index (χ2n) is 4.56. The molecule has 0 aliphatic heterocycles. The molecule has 102 valence electrons. The maximum Gasteiger partial charge on any atom is 0.147 e. The smallest absolute Gasteiger partial charge is 0.147 e. The summed E-state index contributed by atoms with van der Waals surface area (Å²) in [6.45, 7) is 4.33. The van der Waals surface area contributed by atoms with E-state index in [1.54, 1.807) is 10.8 Å². The lowest BCUT2D eigenvalue weighted by molar-refractivity contribution is 0.278. The van der Waals surface area contributed by atoms with E-state index in [1.165, 1.54) is 0 Å². The van der Waals surface area contributed by atoms with Gasteiger partial charge in [-0.05, 0) is 30.5 Å². The minimum atomic E-state index is 0.0386. The van der Waals surface area contributed by atoms with Crippen LogP contribution >= 0.6 is 11.6 Å². The lowest BCUT2D eigenvalue weighted by atomic mass is 10.1. The summed E-state index contributed by atoms with van der Waals surface area (Å²) in [4.78, 5) is 4.19. The average molecular weight is 281 g/mol. The molecule has 0 saturated heterocycles. The standard InChI is InChI=1S/C14H17ClN2O2/c1-9-4-11(7-18)5-10(2)14(9)19-8-13-16-6-12(15)17(13)3/h4-6,18H,7-8H2,1-3H3. The van der Waals surface area contributed by atoms with Crippen LogP contribution in [0, 0.1) is 13.8 Å². The summed E-state index contributed by atoms with van der Waals surface area (Å²) >= 11 is 5.93. The average Bonchev–Trinajstić information content (AvgIpc) is 2.69. The number of aliphatic hydroxyl groups excluding tert-OH is 1. The number of nitrogens with zero attached hydrogens (tertiary/aromatic N) is 2. The fourth-order valence-corrected chi connectivity index (χ4v) is 2.20. The number of rotatable bonds is 4. The third-order valence-electron chi connectivity index (χ3n) is 3.08. The summed E-state index contributed by atoms with van der Waals surface area (Å²) < 4.78 is 7.61. The first-order chi connectivity index (χ1) is 9.02. The number of aryl methyl sites for hydroxylation is 2. The molecule has 0 bridgehead atoms. The third kappa shape index (κ3) is 2.91. The van der Waals surface area contributed by atoms with E-state index < -0.39 is 0 Å². The van der Waals surface area contributed by atoms with Gasteiger partial charge in [0.25, 0.3) is 0 Å². The number of aromatic nitrogens is 2. The molecule has 0 aliphatic rings. The van der Waals surface area contributed by atoms with Crippen molar-refractivity contribution in [1.29, 1.82) is 0 Å². The number of imidazole rings is 1. The lowest BCUT2D eigenvalue weighted by Crippen LogP contribution is -2.05. The van der Waals surface area contributed by atoms with Crippen LogP contribution in [0.15, 0.2) is 18.3 Å². The Bertz CT molecular complexity index is 570. The highest BCUT2D eigenvalue weighted by Gasteiger charge is 2.09. The second kappa shape index (κ2) is 5.63. The van der Waals surface area contributed by atoms with Gasteiger partial charge in [0.2, 0.25) is 0 Å². The van der Waals surface area contributed by atoms with E-state index in [2.05, 4.69) is 4.98 Å². The zero-order chi connectivity index (χ0) is 14.0. The van der Waals surface area contributed by atoms with Crippen LogP contribution in [0.3, 0.4) is 0 Å². The van der Waals surface area contributed by atoms with E-state index >= 15 is 0 Å². The van der Waals surface area contributed by atoms with Gasteiger partial charge in [0.05, 0.1) is 12.8 Å². The minimum absolute atomic E-state index is 0.0386. The number of hydrogen-bond donors (Lipinski definition) is 1. The minimum Gasteiger partial charge on any atom is -0.485 e. The fraction of sp³-hybridized carbons (Fsp3) is 0.357. The van der Waals surface area contributed by atoms with Gasteiger partial charge in [-0.3, -0.25) is 0 Å². The first-order valence-corrected chi connectivity index (χ1v) is 6.40. The van der Waals surface area contributed by atoms with E-state index in [4.69, 9.17) is 21.4 Å². The van der Waals surface area contributed by atoms with E-state index in [1.807, 2.05) is 33.0 Å². The topological polar surface area (TPSA) is 47.3 Å². The van der Waals surface area contributed by atoms with Gasteiger partial charge < -0.3 is 14.4 Å². The Balaban J connectivity index is 2.18. The van der Waals surface area contributed by atoms with Crippen molar-refractivity contribution in [3.63, 3.8) is 0 Å². The lowest BCUT2D eigenvalue weighted by Gasteiger charge is -2.13. The van der Waals surface area contributed by atoms with Gasteiger partial charge in [0.15, 0.2) is 0 Å². The van der Waals surface area contributed by atoms with Gasteiger partial charge in [0.1, 0.15) is 23.3 Å². The highest BCUT2D eigenvalue weighted by atomic mass is 35.5. The fourth-order valence-electron chi connectivity index (χ4n) is 2.05. The van der Waals surface area contributed by atoms with Crippen LogP contribution in [-0.4, -0.2) is 14.7 Å². The molecule has 1 heterocycles. The number of ether oxygens (including phenoxy) is 1. The summed E-state index contributed by atoms with van der Waals surface area (Å²) in [6, 6.07) is 3.85. The van der Waals surface area contributed by atoms with Crippen molar-refractivity contribution in [2.45, 2.75) is 27.1 Å². The van der Waals surface area contributed by atoms with Gasteiger partial charge in [-0.2, -0.15) is 0 Å². The molecular formula is C14H17ClN2O2. The Kier molecular flexibility index (Phi) is 4.12. The van der Waals surface area contributed by atoms with Gasteiger partial charge in [0, 0.05) is 7.05 Å². The summed E-state index contributed by atoms with van der Waals surface area (Å²) in [5, 5.41) is 9.74. The largest absolute Gasteiger partial charge is 0.485 e. The molecular weight excluding hydrogens is 264 g/mol. The predicted octanol–water partition coefficient (Wildman–Crippen LogP) is 2.76. The normalized spacial score (nSPS) is 10.8. The van der Waals surface area contributed by atoms with Gasteiger partial charge in [-0.15, -0.1) is 0 Å². The monoisotopic (exact) mass is 280 g/mol. The van der Waals surface area contributed by atoms with Crippen molar-refractivity contribution in [3.8, 4) is 5.75 Å². The van der Waals surface area contributed by atoms with E-state index in [-0.39, 0.29) is 6.61 Å². The highest BCUT2D eigenvalue weighted by molar-refractivity contribution is 6.29. The van der Waals surface area contributed by atoms with Crippen LogP contribution in [0.5, 0.6) is 5.75 Å². The van der Waals surface area contributed by atoms with Crippen molar-refractivity contribution in [2.24, 2.45) is 7.05 Å². The molecule has 1 N–H and O–H groups in total. The molecule has 2 rings (SSSR count). The molecule has 4 nitrogen and oxygen atoms in total. The summed E-state index contributed by atoms with van der Waals surface area (Å²) in [7, 11) is 1.85. The Labute approximate surface area is 117 Å². The molecule has 0 aliphatic carbocycles. The Morgan fingerprint density at radius 3 is 2.42 bits per heavy atom. The van der Waals surface area contributed by atoms with Gasteiger partial charge >= 0.3 is 0 Å². The number of benzene rings is 1. The van der Waals surface area contributed by atoms with Crippen LogP contribution in [-0.2, 0) is 20.3 Å². The van der Waals surface area contributed by atoms with Gasteiger partial charge in [-0.25, -0.2) is 4.98 Å². The molecule has 5 heteroatoms. The maximum absolute atomic E-state index is 9.16. The third-order valence-corrected chi connectivity index (χ3v) is 3.43. The van der Waals surface area contributed by atoms with E-state index in [0.29, 0.717) is 11.8 Å². The van der Waals surface area contributed by atoms with Crippen molar-refractivity contribution in [2.75, 3.05) is 0 Å².